The Bertz CT molecular complexity index is 228. The van der Waals surface area contributed by atoms with E-state index in [9.17, 15) is 4.79 Å². The smallest absolute Gasteiger partial charge is 0.408 e. The molecule has 2 rings (SSSR count). The highest BCUT2D eigenvalue weighted by atomic mass is 79.9. The predicted molar refractivity (Wildman–Crippen MR) is 40.2 cm³/mol. The van der Waals surface area contributed by atoms with Crippen LogP contribution in [0.15, 0.2) is 10.7 Å². The van der Waals surface area contributed by atoms with Gasteiger partial charge in [-0.2, -0.15) is 0 Å². The first-order valence-corrected chi connectivity index (χ1v) is 4.13. The van der Waals surface area contributed by atoms with Crippen molar-refractivity contribution in [3.05, 3.63) is 10.7 Å². The molecule has 0 unspecified atom stereocenters. The van der Waals surface area contributed by atoms with Crippen molar-refractivity contribution in [1.82, 2.24) is 5.32 Å². The topological polar surface area (TPSA) is 47.6 Å². The molecule has 2 aliphatic heterocycles. The lowest BCUT2D eigenvalue weighted by Crippen LogP contribution is -2.29. The maximum atomic E-state index is 10.7. The monoisotopic (exact) mass is 219 g/mol. The van der Waals surface area contributed by atoms with E-state index in [1.165, 1.54) is 0 Å². The Morgan fingerprint density at radius 2 is 2.55 bits per heavy atom. The number of amides is 1. The van der Waals surface area contributed by atoms with E-state index in [2.05, 4.69) is 21.2 Å². The lowest BCUT2D eigenvalue weighted by molar-refractivity contribution is 0.138. The van der Waals surface area contributed by atoms with Gasteiger partial charge in [-0.15, -0.1) is 0 Å². The second-order valence-electron chi connectivity index (χ2n) is 2.40. The zero-order chi connectivity index (χ0) is 7.84. The fourth-order valence-electron chi connectivity index (χ4n) is 1.21. The highest BCUT2D eigenvalue weighted by molar-refractivity contribution is 9.11. The SMILES string of the molecule is O=C1N[C@H]2CO/C(=C/Br)[C@H]2O1. The van der Waals surface area contributed by atoms with Gasteiger partial charge in [0.25, 0.3) is 0 Å². The average Bonchev–Trinajstić information content (AvgIpc) is 2.45. The predicted octanol–water partition coefficient (Wildman–Crippen LogP) is 0.730. The van der Waals surface area contributed by atoms with Crippen molar-refractivity contribution in [2.45, 2.75) is 12.1 Å². The van der Waals surface area contributed by atoms with Gasteiger partial charge in [0, 0.05) is 4.99 Å². The average molecular weight is 220 g/mol. The number of nitrogens with one attached hydrogen (secondary N) is 1. The van der Waals surface area contributed by atoms with Gasteiger partial charge in [0.15, 0.2) is 6.10 Å². The number of ether oxygens (including phenoxy) is 2. The summed E-state index contributed by atoms with van der Waals surface area (Å²) >= 11 is 3.13. The van der Waals surface area contributed by atoms with Crippen LogP contribution < -0.4 is 5.32 Å². The van der Waals surface area contributed by atoms with Gasteiger partial charge in [-0.1, -0.05) is 15.9 Å². The Balaban J connectivity index is 2.19. The number of carbonyl (C=O) groups is 1. The van der Waals surface area contributed by atoms with Gasteiger partial charge in [0.1, 0.15) is 18.4 Å². The van der Waals surface area contributed by atoms with Crippen LogP contribution in [-0.4, -0.2) is 24.8 Å². The van der Waals surface area contributed by atoms with E-state index in [1.807, 2.05) is 0 Å². The normalized spacial score (nSPS) is 37.9. The molecule has 0 saturated carbocycles. The van der Waals surface area contributed by atoms with Gasteiger partial charge in [0.05, 0.1) is 0 Å². The molecule has 2 aliphatic rings. The van der Waals surface area contributed by atoms with Gasteiger partial charge in [-0.25, -0.2) is 4.79 Å². The van der Waals surface area contributed by atoms with E-state index in [-0.39, 0.29) is 18.2 Å². The molecule has 5 heteroatoms. The standard InChI is InChI=1S/C6H6BrNO3/c7-1-4-5-3(2-10-4)8-6(9)11-5/h1,3,5H,2H2,(H,8,9)/b4-1+/t3-,5-/m0/s1. The summed E-state index contributed by atoms with van der Waals surface area (Å²) in [7, 11) is 0. The Kier molecular flexibility index (Phi) is 1.52. The summed E-state index contributed by atoms with van der Waals surface area (Å²) in [5.41, 5.74) is 0. The van der Waals surface area contributed by atoms with Gasteiger partial charge in [0.2, 0.25) is 0 Å². The minimum absolute atomic E-state index is 0.00806. The van der Waals surface area contributed by atoms with Crippen molar-refractivity contribution >= 4 is 22.0 Å². The molecule has 0 aromatic heterocycles. The van der Waals surface area contributed by atoms with Gasteiger partial charge < -0.3 is 14.8 Å². The summed E-state index contributed by atoms with van der Waals surface area (Å²) in [6.07, 6.45) is -0.600. The number of alkyl carbamates (subject to hydrolysis) is 1. The van der Waals surface area contributed by atoms with Crippen LogP contribution in [-0.2, 0) is 9.47 Å². The summed E-state index contributed by atoms with van der Waals surface area (Å²) < 4.78 is 10.1. The molecule has 2 saturated heterocycles. The molecule has 2 atom stereocenters. The van der Waals surface area contributed by atoms with Gasteiger partial charge in [-0.3, -0.25) is 0 Å². The summed E-state index contributed by atoms with van der Waals surface area (Å²) in [5, 5.41) is 2.63. The number of hydrogen-bond acceptors (Lipinski definition) is 3. The molecule has 11 heavy (non-hydrogen) atoms. The summed E-state index contributed by atoms with van der Waals surface area (Å²) in [5.74, 6) is 0.674. The molecule has 0 bridgehead atoms. The maximum absolute atomic E-state index is 10.7. The molecular formula is C6H6BrNO3. The van der Waals surface area contributed by atoms with E-state index in [0.29, 0.717) is 12.4 Å². The Morgan fingerprint density at radius 3 is 3.27 bits per heavy atom. The fourth-order valence-corrected chi connectivity index (χ4v) is 1.60. The molecule has 2 heterocycles. The van der Waals surface area contributed by atoms with Crippen molar-refractivity contribution in [3.63, 3.8) is 0 Å². The van der Waals surface area contributed by atoms with Crippen LogP contribution in [0.2, 0.25) is 0 Å². The van der Waals surface area contributed by atoms with Crippen molar-refractivity contribution in [2.75, 3.05) is 6.61 Å². The highest BCUT2D eigenvalue weighted by Gasteiger charge is 2.43. The third-order valence-corrected chi connectivity index (χ3v) is 2.17. The minimum atomic E-state index is -0.366. The quantitative estimate of drug-likeness (QED) is 0.654. The highest BCUT2D eigenvalue weighted by Crippen LogP contribution is 2.26. The number of fused-ring (bicyclic) bond motifs is 1. The van der Waals surface area contributed by atoms with Gasteiger partial charge in [-0.05, 0) is 0 Å². The molecule has 0 radical (unpaired) electrons. The molecule has 60 valence electrons. The van der Waals surface area contributed by atoms with Crippen LogP contribution >= 0.6 is 15.9 Å². The van der Waals surface area contributed by atoms with Crippen LogP contribution in [0.25, 0.3) is 0 Å². The van der Waals surface area contributed by atoms with Crippen LogP contribution in [0.1, 0.15) is 0 Å². The Labute approximate surface area is 71.7 Å². The molecular weight excluding hydrogens is 214 g/mol. The maximum Gasteiger partial charge on any atom is 0.408 e. The number of hydrogen-bond donors (Lipinski definition) is 1. The van der Waals surface area contributed by atoms with E-state index < -0.39 is 0 Å². The zero-order valence-electron chi connectivity index (χ0n) is 5.54. The largest absolute Gasteiger partial charge is 0.491 e. The number of rotatable bonds is 0. The van der Waals surface area contributed by atoms with E-state index in [1.54, 1.807) is 4.99 Å². The second kappa shape index (κ2) is 2.41. The van der Waals surface area contributed by atoms with Crippen LogP contribution in [0, 0.1) is 0 Å². The third-order valence-electron chi connectivity index (χ3n) is 1.72. The van der Waals surface area contributed by atoms with Crippen molar-refractivity contribution < 1.29 is 14.3 Å². The molecule has 0 aromatic rings. The molecule has 0 aromatic carbocycles. The van der Waals surface area contributed by atoms with E-state index in [4.69, 9.17) is 9.47 Å². The molecule has 1 amide bonds. The molecule has 1 N–H and O–H groups in total. The number of carbonyl (C=O) groups excluding carboxylic acids is 1. The lowest BCUT2D eigenvalue weighted by atomic mass is 10.2. The first kappa shape index (κ1) is 6.97. The van der Waals surface area contributed by atoms with Crippen molar-refractivity contribution in [1.29, 1.82) is 0 Å². The fraction of sp³-hybridized carbons (Fsp3) is 0.500. The molecule has 4 nitrogen and oxygen atoms in total. The Hall–Kier alpha value is -0.710. The van der Waals surface area contributed by atoms with Crippen LogP contribution in [0.4, 0.5) is 4.79 Å². The Morgan fingerprint density at radius 1 is 1.73 bits per heavy atom. The van der Waals surface area contributed by atoms with Crippen molar-refractivity contribution in [2.24, 2.45) is 0 Å². The number of halogens is 1. The first-order valence-electron chi connectivity index (χ1n) is 3.21. The summed E-state index contributed by atoms with van der Waals surface area (Å²) in [6, 6.07) is -0.00806. The van der Waals surface area contributed by atoms with E-state index >= 15 is 0 Å². The lowest BCUT2D eigenvalue weighted by Gasteiger charge is -2.02. The minimum Gasteiger partial charge on any atom is -0.491 e. The van der Waals surface area contributed by atoms with Gasteiger partial charge >= 0.3 is 6.09 Å². The molecule has 2 fully saturated rings. The summed E-state index contributed by atoms with van der Waals surface area (Å²) in [6.45, 7) is 0.494. The third kappa shape index (κ3) is 0.994. The van der Waals surface area contributed by atoms with E-state index in [0.717, 1.165) is 0 Å². The second-order valence-corrected chi connectivity index (χ2v) is 2.86. The first-order chi connectivity index (χ1) is 5.31. The van der Waals surface area contributed by atoms with Crippen LogP contribution in [0.5, 0.6) is 0 Å². The summed E-state index contributed by atoms with van der Waals surface area (Å²) in [4.78, 5) is 12.3. The molecule has 0 spiro atoms. The van der Waals surface area contributed by atoms with Crippen molar-refractivity contribution in [3.8, 4) is 0 Å². The zero-order valence-corrected chi connectivity index (χ0v) is 7.13. The van der Waals surface area contributed by atoms with Crippen LogP contribution in [0.3, 0.4) is 0 Å². The molecule has 0 aliphatic carbocycles.